The zero-order valence-electron chi connectivity index (χ0n) is 12.7. The van der Waals surface area contributed by atoms with E-state index in [9.17, 15) is 4.79 Å². The van der Waals surface area contributed by atoms with Gasteiger partial charge in [0, 0.05) is 33.7 Å². The summed E-state index contributed by atoms with van der Waals surface area (Å²) in [7, 11) is 0. The highest BCUT2D eigenvalue weighted by Gasteiger charge is 2.13. The molecule has 0 aliphatic carbocycles. The van der Waals surface area contributed by atoms with Crippen molar-refractivity contribution < 1.29 is 0 Å². The summed E-state index contributed by atoms with van der Waals surface area (Å²) < 4.78 is 0.555. The SMILES string of the molecule is Cc1[nH]c(C)c(-c2ccc(-c3ccc(Cl)cc3)nc2)c(=O)c1Br. The highest BCUT2D eigenvalue weighted by molar-refractivity contribution is 9.10. The van der Waals surface area contributed by atoms with Crippen molar-refractivity contribution in [1.29, 1.82) is 0 Å². The lowest BCUT2D eigenvalue weighted by molar-refractivity contribution is 1.09. The number of aromatic amines is 1. The second-order valence-corrected chi connectivity index (χ2v) is 6.56. The summed E-state index contributed by atoms with van der Waals surface area (Å²) >= 11 is 9.25. The summed E-state index contributed by atoms with van der Waals surface area (Å²) in [6.45, 7) is 3.76. The van der Waals surface area contributed by atoms with Crippen molar-refractivity contribution >= 4 is 27.5 Å². The number of benzene rings is 1. The molecule has 0 saturated heterocycles. The highest BCUT2D eigenvalue weighted by Crippen LogP contribution is 2.25. The fraction of sp³-hybridized carbons (Fsp3) is 0.111. The maximum Gasteiger partial charge on any atom is 0.204 e. The zero-order valence-corrected chi connectivity index (χ0v) is 15.0. The summed E-state index contributed by atoms with van der Waals surface area (Å²) in [6.07, 6.45) is 1.73. The van der Waals surface area contributed by atoms with Crippen LogP contribution in [-0.4, -0.2) is 9.97 Å². The molecule has 116 valence electrons. The molecule has 0 unspecified atom stereocenters. The van der Waals surface area contributed by atoms with Gasteiger partial charge in [-0.3, -0.25) is 9.78 Å². The third-order valence-electron chi connectivity index (χ3n) is 3.70. The van der Waals surface area contributed by atoms with Gasteiger partial charge < -0.3 is 4.98 Å². The number of hydrogen-bond acceptors (Lipinski definition) is 2. The van der Waals surface area contributed by atoms with E-state index in [2.05, 4.69) is 25.9 Å². The Hall–Kier alpha value is -1.91. The minimum absolute atomic E-state index is 0.0280. The molecule has 0 amide bonds. The predicted molar refractivity (Wildman–Crippen MR) is 97.9 cm³/mol. The number of aromatic nitrogens is 2. The van der Waals surface area contributed by atoms with Crippen molar-refractivity contribution in [3.8, 4) is 22.4 Å². The van der Waals surface area contributed by atoms with E-state index in [-0.39, 0.29) is 5.43 Å². The van der Waals surface area contributed by atoms with Crippen LogP contribution in [0.3, 0.4) is 0 Å². The number of nitrogens with zero attached hydrogens (tertiary/aromatic N) is 1. The van der Waals surface area contributed by atoms with E-state index in [4.69, 9.17) is 11.6 Å². The molecule has 1 aromatic carbocycles. The Morgan fingerprint density at radius 1 is 1.00 bits per heavy atom. The summed E-state index contributed by atoms with van der Waals surface area (Å²) in [5.41, 5.74) is 4.88. The Kier molecular flexibility index (Phi) is 4.37. The van der Waals surface area contributed by atoms with E-state index in [0.717, 1.165) is 28.2 Å². The largest absolute Gasteiger partial charge is 0.361 e. The van der Waals surface area contributed by atoms with Crippen LogP contribution >= 0.6 is 27.5 Å². The Morgan fingerprint density at radius 3 is 2.26 bits per heavy atom. The average molecular weight is 390 g/mol. The van der Waals surface area contributed by atoms with Crippen molar-refractivity contribution in [1.82, 2.24) is 9.97 Å². The van der Waals surface area contributed by atoms with Crippen molar-refractivity contribution in [2.75, 3.05) is 0 Å². The third kappa shape index (κ3) is 3.09. The normalized spacial score (nSPS) is 10.8. The quantitative estimate of drug-likeness (QED) is 0.660. The number of pyridine rings is 2. The van der Waals surface area contributed by atoms with Gasteiger partial charge in [0.1, 0.15) is 0 Å². The standard InChI is InChI=1S/C18H14BrClN2O/c1-10-16(18(23)17(19)11(2)22-10)13-5-8-15(21-9-13)12-3-6-14(20)7-4-12/h3-9H,1-2H3,(H,22,23). The van der Waals surface area contributed by atoms with Gasteiger partial charge >= 0.3 is 0 Å². The Morgan fingerprint density at radius 2 is 1.65 bits per heavy atom. The Balaban J connectivity index is 2.05. The van der Waals surface area contributed by atoms with Gasteiger partial charge in [0.2, 0.25) is 5.43 Å². The van der Waals surface area contributed by atoms with Gasteiger partial charge in [-0.15, -0.1) is 0 Å². The summed E-state index contributed by atoms with van der Waals surface area (Å²) in [4.78, 5) is 20.2. The van der Waals surface area contributed by atoms with Crippen LogP contribution in [-0.2, 0) is 0 Å². The molecule has 5 heteroatoms. The van der Waals surface area contributed by atoms with Crippen molar-refractivity contribution in [3.05, 3.63) is 73.7 Å². The van der Waals surface area contributed by atoms with E-state index < -0.39 is 0 Å². The molecular weight excluding hydrogens is 376 g/mol. The van der Waals surface area contributed by atoms with E-state index in [1.54, 1.807) is 6.20 Å². The lowest BCUT2D eigenvalue weighted by Gasteiger charge is -2.09. The molecule has 3 aromatic rings. The Labute approximate surface area is 147 Å². The van der Waals surface area contributed by atoms with Crippen LogP contribution < -0.4 is 5.43 Å². The molecule has 0 bridgehead atoms. The van der Waals surface area contributed by atoms with Gasteiger partial charge in [-0.1, -0.05) is 29.8 Å². The molecule has 2 heterocycles. The number of aryl methyl sites for hydroxylation is 2. The Bertz CT molecular complexity index is 915. The molecule has 0 aliphatic heterocycles. The molecule has 3 rings (SSSR count). The first-order valence-electron chi connectivity index (χ1n) is 7.08. The molecule has 1 N–H and O–H groups in total. The predicted octanol–water partition coefficient (Wildman–Crippen LogP) is 5.14. The van der Waals surface area contributed by atoms with Crippen LogP contribution in [0.15, 0.2) is 51.9 Å². The van der Waals surface area contributed by atoms with Crippen molar-refractivity contribution in [2.24, 2.45) is 0 Å². The summed E-state index contributed by atoms with van der Waals surface area (Å²) in [6, 6.07) is 11.3. The molecule has 23 heavy (non-hydrogen) atoms. The number of halogens is 2. The summed E-state index contributed by atoms with van der Waals surface area (Å²) in [5, 5.41) is 0.692. The van der Waals surface area contributed by atoms with Crippen LogP contribution in [0, 0.1) is 13.8 Å². The summed E-state index contributed by atoms with van der Waals surface area (Å²) in [5.74, 6) is 0. The lowest BCUT2D eigenvalue weighted by atomic mass is 10.0. The number of H-pyrrole nitrogens is 1. The second kappa shape index (κ2) is 6.30. The van der Waals surface area contributed by atoms with Crippen LogP contribution in [0.4, 0.5) is 0 Å². The molecule has 0 saturated carbocycles. The van der Waals surface area contributed by atoms with Gasteiger partial charge in [0.05, 0.1) is 15.7 Å². The van der Waals surface area contributed by atoms with Gasteiger partial charge in [-0.2, -0.15) is 0 Å². The van der Waals surface area contributed by atoms with Gasteiger partial charge in [-0.05, 0) is 48.0 Å². The second-order valence-electron chi connectivity index (χ2n) is 5.33. The van der Waals surface area contributed by atoms with Gasteiger partial charge in [0.15, 0.2) is 0 Å². The highest BCUT2D eigenvalue weighted by atomic mass is 79.9. The zero-order chi connectivity index (χ0) is 16.6. The minimum Gasteiger partial charge on any atom is -0.361 e. The molecule has 0 aliphatic rings. The monoisotopic (exact) mass is 388 g/mol. The van der Waals surface area contributed by atoms with Crippen molar-refractivity contribution in [3.63, 3.8) is 0 Å². The molecule has 0 radical (unpaired) electrons. The van der Waals surface area contributed by atoms with Crippen LogP contribution in [0.25, 0.3) is 22.4 Å². The smallest absolute Gasteiger partial charge is 0.204 e. The topological polar surface area (TPSA) is 45.8 Å². The first kappa shape index (κ1) is 16.0. The van der Waals surface area contributed by atoms with E-state index >= 15 is 0 Å². The van der Waals surface area contributed by atoms with Crippen molar-refractivity contribution in [2.45, 2.75) is 13.8 Å². The molecule has 2 aromatic heterocycles. The molecular formula is C18H14BrClN2O. The minimum atomic E-state index is -0.0280. The third-order valence-corrected chi connectivity index (χ3v) is 4.90. The molecule has 0 atom stereocenters. The van der Waals surface area contributed by atoms with Gasteiger partial charge in [-0.25, -0.2) is 0 Å². The fourth-order valence-electron chi connectivity index (χ4n) is 2.53. The van der Waals surface area contributed by atoms with Crippen LogP contribution in [0.2, 0.25) is 5.02 Å². The average Bonchev–Trinajstić information content (AvgIpc) is 2.54. The first-order valence-corrected chi connectivity index (χ1v) is 8.26. The lowest BCUT2D eigenvalue weighted by Crippen LogP contribution is -2.12. The van der Waals surface area contributed by atoms with Crippen LogP contribution in [0.1, 0.15) is 11.4 Å². The first-order chi connectivity index (χ1) is 11.0. The van der Waals surface area contributed by atoms with E-state index in [0.29, 0.717) is 15.1 Å². The fourth-order valence-corrected chi connectivity index (χ4v) is 2.95. The van der Waals surface area contributed by atoms with Gasteiger partial charge in [0.25, 0.3) is 0 Å². The maximum atomic E-state index is 12.5. The number of nitrogens with one attached hydrogen (secondary N) is 1. The number of rotatable bonds is 2. The molecule has 0 spiro atoms. The molecule has 3 nitrogen and oxygen atoms in total. The van der Waals surface area contributed by atoms with Crippen LogP contribution in [0.5, 0.6) is 0 Å². The maximum absolute atomic E-state index is 12.5. The van der Waals surface area contributed by atoms with E-state index in [1.165, 1.54) is 0 Å². The van der Waals surface area contributed by atoms with E-state index in [1.807, 2.05) is 50.2 Å². The number of hydrogen-bond donors (Lipinski definition) is 1. The molecule has 0 fully saturated rings.